The summed E-state index contributed by atoms with van der Waals surface area (Å²) in [6, 6.07) is 10.9. The van der Waals surface area contributed by atoms with Crippen LogP contribution in [0.4, 0.5) is 13.2 Å². The van der Waals surface area contributed by atoms with E-state index >= 15 is 0 Å². The molecule has 0 saturated heterocycles. The summed E-state index contributed by atoms with van der Waals surface area (Å²) in [6.07, 6.45) is -1.40. The molecule has 3 rings (SSSR count). The Morgan fingerprint density at radius 1 is 1.19 bits per heavy atom. The van der Waals surface area contributed by atoms with Crippen molar-refractivity contribution in [2.24, 2.45) is 0 Å². The van der Waals surface area contributed by atoms with E-state index in [0.717, 1.165) is 0 Å². The van der Waals surface area contributed by atoms with Crippen LogP contribution in [0.15, 0.2) is 55.2 Å². The summed E-state index contributed by atoms with van der Waals surface area (Å²) in [7, 11) is 0. The third-order valence-corrected chi connectivity index (χ3v) is 3.94. The lowest BCUT2D eigenvalue weighted by Crippen LogP contribution is -2.19. The highest BCUT2D eigenvalue weighted by atomic mass is 19.4. The molecule has 0 radical (unpaired) electrons. The monoisotopic (exact) mass is 373 g/mol. The van der Waals surface area contributed by atoms with Gasteiger partial charge in [0, 0.05) is 11.6 Å². The summed E-state index contributed by atoms with van der Waals surface area (Å²) in [6.45, 7) is 2.32. The first-order chi connectivity index (χ1) is 12.8. The maximum absolute atomic E-state index is 12.4. The third-order valence-electron chi connectivity index (χ3n) is 3.94. The zero-order valence-corrected chi connectivity index (χ0v) is 14.0. The van der Waals surface area contributed by atoms with Crippen molar-refractivity contribution in [1.29, 1.82) is 0 Å². The third kappa shape index (κ3) is 3.92. The Labute approximate surface area is 152 Å². The number of carbonyl (C=O) groups is 1. The minimum absolute atomic E-state index is 0.0407. The van der Waals surface area contributed by atoms with Crippen molar-refractivity contribution in [3.05, 3.63) is 66.4 Å². The molecule has 2 aromatic carbocycles. The number of halogens is 3. The molecule has 0 saturated carbocycles. The van der Waals surface area contributed by atoms with Gasteiger partial charge < -0.3 is 9.84 Å². The van der Waals surface area contributed by atoms with Crippen molar-refractivity contribution in [2.45, 2.75) is 6.18 Å². The average Bonchev–Trinajstić information content (AvgIpc) is 2.64. The van der Waals surface area contributed by atoms with Crippen LogP contribution in [0.1, 0.15) is 15.9 Å². The molecule has 0 spiro atoms. The van der Waals surface area contributed by atoms with Gasteiger partial charge in [0.15, 0.2) is 6.61 Å². The molecule has 0 bridgehead atoms. The smallest absolute Gasteiger partial charge is 0.422 e. The molecule has 0 unspecified atom stereocenters. The fourth-order valence-electron chi connectivity index (χ4n) is 2.78. The van der Waals surface area contributed by atoms with Gasteiger partial charge in [0.05, 0.1) is 11.1 Å². The number of ether oxygens (including phenoxy) is 1. The molecule has 4 nitrogen and oxygen atoms in total. The van der Waals surface area contributed by atoms with Crippen LogP contribution >= 0.6 is 0 Å². The summed E-state index contributed by atoms with van der Waals surface area (Å²) in [5.41, 5.74) is 2.19. The molecule has 0 fully saturated rings. The van der Waals surface area contributed by atoms with Crippen molar-refractivity contribution in [2.75, 3.05) is 6.61 Å². The van der Waals surface area contributed by atoms with Crippen LogP contribution < -0.4 is 4.74 Å². The molecule has 138 valence electrons. The summed E-state index contributed by atoms with van der Waals surface area (Å²) < 4.78 is 42.1. The molecule has 1 N–H and O–H groups in total. The molecule has 1 aromatic heterocycles. The van der Waals surface area contributed by atoms with Gasteiger partial charge in [-0.3, -0.25) is 4.98 Å². The van der Waals surface area contributed by atoms with Crippen LogP contribution in [0.2, 0.25) is 0 Å². The summed E-state index contributed by atoms with van der Waals surface area (Å²) in [5, 5.41) is 9.92. The standard InChI is InChI=1S/C20H14F3NO3/c1-2-12-5-6-13(27-11-20(21,22)23)10-17(12)14-7-8-16(19(25)26)18-15(14)4-3-9-24-18/h2-10H,1,11H2,(H,25,26). The number of hydrogen-bond acceptors (Lipinski definition) is 3. The van der Waals surface area contributed by atoms with Crippen LogP contribution in [0, 0.1) is 0 Å². The Morgan fingerprint density at radius 3 is 2.63 bits per heavy atom. The molecule has 1 heterocycles. The van der Waals surface area contributed by atoms with Crippen LogP contribution in [0.5, 0.6) is 5.75 Å². The highest BCUT2D eigenvalue weighted by molar-refractivity contribution is 6.07. The van der Waals surface area contributed by atoms with E-state index in [1.807, 2.05) is 0 Å². The van der Waals surface area contributed by atoms with Gasteiger partial charge in [-0.05, 0) is 41.0 Å². The molecule has 3 aromatic rings. The van der Waals surface area contributed by atoms with Crippen molar-refractivity contribution >= 4 is 22.9 Å². The summed E-state index contributed by atoms with van der Waals surface area (Å²) >= 11 is 0. The SMILES string of the molecule is C=Cc1ccc(OCC(F)(F)F)cc1-c1ccc(C(=O)O)c2ncccc12. The van der Waals surface area contributed by atoms with Crippen LogP contribution in [-0.4, -0.2) is 28.8 Å². The fraction of sp³-hybridized carbons (Fsp3) is 0.100. The molecular weight excluding hydrogens is 359 g/mol. The van der Waals surface area contributed by atoms with Gasteiger partial charge in [0.1, 0.15) is 5.75 Å². The van der Waals surface area contributed by atoms with E-state index in [4.69, 9.17) is 4.74 Å². The minimum atomic E-state index is -4.45. The number of pyridine rings is 1. The Balaban J connectivity index is 2.17. The molecule has 27 heavy (non-hydrogen) atoms. The summed E-state index contributed by atoms with van der Waals surface area (Å²) in [4.78, 5) is 15.6. The lowest BCUT2D eigenvalue weighted by Gasteiger charge is -2.14. The molecule has 0 aliphatic heterocycles. The zero-order valence-electron chi connectivity index (χ0n) is 14.0. The molecule has 0 amide bonds. The van der Waals surface area contributed by atoms with E-state index in [0.29, 0.717) is 27.6 Å². The van der Waals surface area contributed by atoms with E-state index in [2.05, 4.69) is 11.6 Å². The molecular formula is C20H14F3NO3. The van der Waals surface area contributed by atoms with Crippen molar-refractivity contribution in [3.63, 3.8) is 0 Å². The van der Waals surface area contributed by atoms with Gasteiger partial charge in [-0.1, -0.05) is 30.9 Å². The fourth-order valence-corrected chi connectivity index (χ4v) is 2.78. The zero-order chi connectivity index (χ0) is 19.6. The van der Waals surface area contributed by atoms with Gasteiger partial charge in [-0.15, -0.1) is 0 Å². The number of nitrogens with zero attached hydrogens (tertiary/aromatic N) is 1. The predicted octanol–water partition coefficient (Wildman–Crippen LogP) is 5.18. The molecule has 0 aliphatic rings. The second-order valence-corrected chi connectivity index (χ2v) is 5.72. The van der Waals surface area contributed by atoms with Gasteiger partial charge in [-0.25, -0.2) is 4.79 Å². The highest BCUT2D eigenvalue weighted by Crippen LogP contribution is 2.35. The van der Waals surface area contributed by atoms with E-state index in [-0.39, 0.29) is 11.3 Å². The predicted molar refractivity (Wildman–Crippen MR) is 95.8 cm³/mol. The van der Waals surface area contributed by atoms with Crippen LogP contribution in [-0.2, 0) is 0 Å². The number of hydrogen-bond donors (Lipinski definition) is 1. The Hall–Kier alpha value is -3.35. The van der Waals surface area contributed by atoms with Gasteiger partial charge in [0.25, 0.3) is 0 Å². The number of rotatable bonds is 5. The second kappa shape index (κ2) is 7.11. The number of fused-ring (bicyclic) bond motifs is 1. The van der Waals surface area contributed by atoms with Crippen LogP contribution in [0.3, 0.4) is 0 Å². The lowest BCUT2D eigenvalue weighted by atomic mass is 9.94. The Morgan fingerprint density at radius 2 is 1.96 bits per heavy atom. The lowest BCUT2D eigenvalue weighted by molar-refractivity contribution is -0.153. The maximum Gasteiger partial charge on any atom is 0.422 e. The maximum atomic E-state index is 12.4. The van der Waals surface area contributed by atoms with E-state index in [9.17, 15) is 23.1 Å². The van der Waals surface area contributed by atoms with E-state index < -0.39 is 18.8 Å². The largest absolute Gasteiger partial charge is 0.484 e. The number of aromatic nitrogens is 1. The van der Waals surface area contributed by atoms with Gasteiger partial charge in [0.2, 0.25) is 0 Å². The second-order valence-electron chi connectivity index (χ2n) is 5.72. The number of aromatic carboxylic acids is 1. The number of alkyl halides is 3. The van der Waals surface area contributed by atoms with Crippen molar-refractivity contribution in [1.82, 2.24) is 4.98 Å². The van der Waals surface area contributed by atoms with E-state index in [1.54, 1.807) is 30.3 Å². The first kappa shape index (κ1) is 18.4. The first-order valence-corrected chi connectivity index (χ1v) is 7.87. The first-order valence-electron chi connectivity index (χ1n) is 7.87. The van der Waals surface area contributed by atoms with E-state index in [1.165, 1.54) is 24.4 Å². The quantitative estimate of drug-likeness (QED) is 0.669. The number of benzene rings is 2. The highest BCUT2D eigenvalue weighted by Gasteiger charge is 2.28. The Bertz CT molecular complexity index is 1030. The minimum Gasteiger partial charge on any atom is -0.484 e. The summed E-state index contributed by atoms with van der Waals surface area (Å²) in [5.74, 6) is -1.07. The normalized spacial score (nSPS) is 11.4. The van der Waals surface area contributed by atoms with Crippen molar-refractivity contribution in [3.8, 4) is 16.9 Å². The molecule has 0 aliphatic carbocycles. The molecule has 0 atom stereocenters. The topological polar surface area (TPSA) is 59.4 Å². The van der Waals surface area contributed by atoms with Crippen LogP contribution in [0.25, 0.3) is 28.1 Å². The number of carboxylic acids is 1. The van der Waals surface area contributed by atoms with Gasteiger partial charge >= 0.3 is 12.1 Å². The molecule has 7 heteroatoms. The van der Waals surface area contributed by atoms with Crippen molar-refractivity contribution < 1.29 is 27.8 Å². The average molecular weight is 373 g/mol. The van der Waals surface area contributed by atoms with Gasteiger partial charge in [-0.2, -0.15) is 13.2 Å². The Kier molecular flexibility index (Phi) is 4.85. The number of carboxylic acid groups (broad SMARTS) is 1.